The predicted octanol–water partition coefficient (Wildman–Crippen LogP) is -1.10. The van der Waals surface area contributed by atoms with E-state index in [4.69, 9.17) is 9.59 Å². The van der Waals surface area contributed by atoms with Crippen molar-refractivity contribution in [2.45, 2.75) is 6.42 Å². The molecule has 54 valence electrons. The summed E-state index contributed by atoms with van der Waals surface area (Å²) in [5, 5.41) is 2.94. The van der Waals surface area contributed by atoms with Gasteiger partial charge in [0.05, 0.1) is 0 Å². The minimum absolute atomic E-state index is 0.862. The van der Waals surface area contributed by atoms with Crippen LogP contribution in [0.2, 0.25) is 0 Å². The van der Waals surface area contributed by atoms with Gasteiger partial charge in [-0.3, -0.25) is 0 Å². The topological polar surface area (TPSA) is 52.5 Å². The Labute approximate surface area is 56.9 Å². The van der Waals surface area contributed by atoms with E-state index in [0.717, 1.165) is 13.0 Å². The highest BCUT2D eigenvalue weighted by Crippen LogP contribution is 1.80. The molecule has 3 nitrogen and oxygen atoms in total. The summed E-state index contributed by atoms with van der Waals surface area (Å²) >= 11 is 0. The number of nitrogens with one attached hydrogen (secondary N) is 1. The Hall–Kier alpha value is -0.163. The monoisotopic (exact) mass is 147 g/mol. The largest absolute Gasteiger partial charge is 0.410 e. The minimum Gasteiger partial charge on any atom is -0.410 e. The molecule has 0 aliphatic heterocycles. The summed E-state index contributed by atoms with van der Waals surface area (Å²) in [4.78, 5) is 16.9. The Balaban J connectivity index is 3.04. The van der Waals surface area contributed by atoms with E-state index in [-0.39, 0.29) is 0 Å². The Kier molecular flexibility index (Phi) is 5.86. The smallest absolute Gasteiger partial charge is 0.342 e. The van der Waals surface area contributed by atoms with Crippen molar-refractivity contribution in [2.75, 3.05) is 13.6 Å². The van der Waals surface area contributed by atoms with Crippen molar-refractivity contribution in [2.24, 2.45) is 0 Å². The van der Waals surface area contributed by atoms with Crippen molar-refractivity contribution in [1.82, 2.24) is 5.32 Å². The lowest BCUT2D eigenvalue weighted by Crippen LogP contribution is -2.08. The van der Waals surface area contributed by atoms with Crippen LogP contribution in [0.3, 0.4) is 0 Å². The van der Waals surface area contributed by atoms with Crippen LogP contribution in [-0.4, -0.2) is 32.5 Å². The second-order valence-electron chi connectivity index (χ2n) is 1.73. The molecular formula is C5H13NO2Si. The molecule has 0 saturated carbocycles. The van der Waals surface area contributed by atoms with E-state index < -0.39 is 9.28 Å². The molecule has 0 spiro atoms. The van der Waals surface area contributed by atoms with E-state index in [0.29, 0.717) is 0 Å². The maximum absolute atomic E-state index is 8.44. The maximum atomic E-state index is 8.44. The fourth-order valence-corrected chi connectivity index (χ4v) is 0.881. The highest BCUT2D eigenvalue weighted by molar-refractivity contribution is 6.47. The Bertz CT molecular complexity index is 85.0. The molecule has 3 N–H and O–H groups in total. The van der Waals surface area contributed by atoms with E-state index in [1.807, 2.05) is 7.05 Å². The lowest BCUT2D eigenvalue weighted by molar-refractivity contribution is 0.424. The Morgan fingerprint density at radius 3 is 2.67 bits per heavy atom. The molecule has 0 aliphatic rings. The normalized spacial score (nSPS) is 11.6. The van der Waals surface area contributed by atoms with Gasteiger partial charge in [-0.1, -0.05) is 6.08 Å². The molecule has 9 heavy (non-hydrogen) atoms. The first-order valence-electron chi connectivity index (χ1n) is 2.94. The van der Waals surface area contributed by atoms with E-state index >= 15 is 0 Å². The summed E-state index contributed by atoms with van der Waals surface area (Å²) in [5.74, 6) is 0. The molecule has 0 aromatic rings. The average Bonchev–Trinajstić information content (AvgIpc) is 1.80. The summed E-state index contributed by atoms with van der Waals surface area (Å²) in [6.45, 7) is 0.887. The molecule has 0 rings (SSSR count). The van der Waals surface area contributed by atoms with Gasteiger partial charge in [-0.25, -0.2) is 0 Å². The summed E-state index contributed by atoms with van der Waals surface area (Å²) in [6.07, 6.45) is 2.65. The second-order valence-corrected chi connectivity index (χ2v) is 2.95. The molecule has 0 aromatic carbocycles. The average molecular weight is 147 g/mol. The van der Waals surface area contributed by atoms with Crippen LogP contribution in [0.1, 0.15) is 6.42 Å². The van der Waals surface area contributed by atoms with Crippen LogP contribution >= 0.6 is 0 Å². The van der Waals surface area contributed by atoms with Crippen LogP contribution in [0.5, 0.6) is 0 Å². The highest BCUT2D eigenvalue weighted by atomic mass is 28.3. The first-order chi connectivity index (χ1) is 4.27. The van der Waals surface area contributed by atoms with E-state index in [2.05, 4.69) is 5.32 Å². The molecule has 0 heterocycles. The van der Waals surface area contributed by atoms with Crippen LogP contribution in [0.25, 0.3) is 0 Å². The molecule has 0 aromatic heterocycles. The van der Waals surface area contributed by atoms with Gasteiger partial charge in [0.1, 0.15) is 0 Å². The van der Waals surface area contributed by atoms with Crippen molar-refractivity contribution in [3.8, 4) is 0 Å². The lowest BCUT2D eigenvalue weighted by Gasteiger charge is -1.91. The maximum Gasteiger partial charge on any atom is 0.342 e. The molecule has 0 atom stereocenters. The fraction of sp³-hybridized carbons (Fsp3) is 0.600. The third kappa shape index (κ3) is 7.84. The highest BCUT2D eigenvalue weighted by Gasteiger charge is 1.89. The molecule has 0 fully saturated rings. The minimum atomic E-state index is -2.42. The van der Waals surface area contributed by atoms with Crippen molar-refractivity contribution in [1.29, 1.82) is 0 Å². The number of hydrogen-bond donors (Lipinski definition) is 3. The fourth-order valence-electron chi connectivity index (χ4n) is 0.446. The van der Waals surface area contributed by atoms with Crippen molar-refractivity contribution < 1.29 is 9.59 Å². The first-order valence-corrected chi connectivity index (χ1v) is 4.64. The lowest BCUT2D eigenvalue weighted by atomic mass is 10.4. The summed E-state index contributed by atoms with van der Waals surface area (Å²) in [7, 11) is -0.560. The van der Waals surface area contributed by atoms with Crippen LogP contribution in [-0.2, 0) is 0 Å². The van der Waals surface area contributed by atoms with Crippen molar-refractivity contribution >= 4 is 9.28 Å². The second kappa shape index (κ2) is 5.96. The molecule has 0 radical (unpaired) electrons. The third-order valence-electron chi connectivity index (χ3n) is 0.869. The zero-order valence-corrected chi connectivity index (χ0v) is 6.70. The number of hydrogen-bond acceptors (Lipinski definition) is 3. The zero-order valence-electron chi connectivity index (χ0n) is 5.54. The molecule has 0 saturated heterocycles. The summed E-state index contributed by atoms with van der Waals surface area (Å²) in [5.41, 5.74) is 1.48. The summed E-state index contributed by atoms with van der Waals surface area (Å²) < 4.78 is 0. The van der Waals surface area contributed by atoms with Gasteiger partial charge in [-0.15, -0.1) is 0 Å². The molecule has 0 bridgehead atoms. The predicted molar refractivity (Wildman–Crippen MR) is 39.3 cm³/mol. The van der Waals surface area contributed by atoms with Gasteiger partial charge in [0, 0.05) is 0 Å². The Morgan fingerprint density at radius 2 is 2.22 bits per heavy atom. The molecule has 0 aliphatic carbocycles. The van der Waals surface area contributed by atoms with Crippen molar-refractivity contribution in [3.63, 3.8) is 0 Å². The van der Waals surface area contributed by atoms with Gasteiger partial charge >= 0.3 is 9.28 Å². The van der Waals surface area contributed by atoms with Gasteiger partial charge in [-0.05, 0) is 25.7 Å². The number of rotatable bonds is 4. The summed E-state index contributed by atoms with van der Waals surface area (Å²) in [6, 6.07) is 0. The molecule has 4 heteroatoms. The van der Waals surface area contributed by atoms with Crippen LogP contribution in [0.15, 0.2) is 11.8 Å². The Morgan fingerprint density at radius 1 is 1.56 bits per heavy atom. The first kappa shape index (κ1) is 8.84. The van der Waals surface area contributed by atoms with Crippen LogP contribution in [0, 0.1) is 0 Å². The van der Waals surface area contributed by atoms with Gasteiger partial charge in [0.25, 0.3) is 0 Å². The van der Waals surface area contributed by atoms with Crippen LogP contribution in [0.4, 0.5) is 0 Å². The SMILES string of the molecule is CNCCC=C[SiH](O)O. The van der Waals surface area contributed by atoms with Gasteiger partial charge < -0.3 is 14.9 Å². The van der Waals surface area contributed by atoms with E-state index in [1.165, 1.54) is 5.70 Å². The quantitative estimate of drug-likeness (QED) is 0.349. The van der Waals surface area contributed by atoms with Gasteiger partial charge in [0.2, 0.25) is 0 Å². The standard InChI is InChI=1S/C5H13NO2Si/c1-6-4-2-3-5-9(7)8/h3,5-9H,2,4H2,1H3. The van der Waals surface area contributed by atoms with Crippen molar-refractivity contribution in [3.05, 3.63) is 11.8 Å². The third-order valence-corrected chi connectivity index (χ3v) is 1.49. The van der Waals surface area contributed by atoms with Gasteiger partial charge in [0.15, 0.2) is 0 Å². The van der Waals surface area contributed by atoms with E-state index in [9.17, 15) is 0 Å². The molecule has 0 amide bonds. The zero-order chi connectivity index (χ0) is 7.11. The molecule has 0 unspecified atom stereocenters. The molecular weight excluding hydrogens is 134 g/mol. The van der Waals surface area contributed by atoms with Crippen LogP contribution < -0.4 is 5.32 Å². The van der Waals surface area contributed by atoms with Gasteiger partial charge in [-0.2, -0.15) is 0 Å². The van der Waals surface area contributed by atoms with E-state index in [1.54, 1.807) is 6.08 Å².